The second kappa shape index (κ2) is 4.65. The van der Waals surface area contributed by atoms with Crippen molar-refractivity contribution in [1.29, 1.82) is 0 Å². The topological polar surface area (TPSA) is 16.1 Å². The maximum atomic E-state index is 14.0. The van der Waals surface area contributed by atoms with Crippen LogP contribution in [0.3, 0.4) is 0 Å². The van der Waals surface area contributed by atoms with Gasteiger partial charge in [-0.3, -0.25) is 0 Å². The predicted molar refractivity (Wildman–Crippen MR) is 68.9 cm³/mol. The fourth-order valence-electron chi connectivity index (χ4n) is 2.28. The molecule has 0 saturated carbocycles. The molecule has 0 unspecified atom stereocenters. The average molecular weight is 266 g/mol. The molecule has 0 amide bonds. The van der Waals surface area contributed by atoms with Gasteiger partial charge in [-0.2, -0.15) is 0 Å². The van der Waals surface area contributed by atoms with Crippen LogP contribution in [-0.2, 0) is 0 Å². The Hall–Kier alpha value is -1.49. The zero-order valence-electron chi connectivity index (χ0n) is 9.70. The molecule has 0 aliphatic carbocycles. The van der Waals surface area contributed by atoms with Crippen molar-refractivity contribution in [3.05, 3.63) is 34.7 Å². The first-order chi connectivity index (χ1) is 8.75. The maximum Gasteiger partial charge on any atom is 0.147 e. The Bertz CT molecular complexity index is 548. The summed E-state index contributed by atoms with van der Waals surface area (Å²) in [7, 11) is 0. The first kappa shape index (κ1) is 11.6. The van der Waals surface area contributed by atoms with E-state index in [2.05, 4.69) is 4.98 Å². The number of aromatic nitrogens is 1. The molecule has 0 radical (unpaired) electrons. The standard InChI is InChI=1S/C13H12F2N2S/c14-10-6-13(17-3-1-2-4-17)11(15)5-9(10)12-7-18-8-16-12/h5-8H,1-4H2. The van der Waals surface area contributed by atoms with E-state index in [0.717, 1.165) is 25.9 Å². The Kier molecular flexibility index (Phi) is 2.99. The number of halogens is 2. The smallest absolute Gasteiger partial charge is 0.147 e. The number of nitrogens with zero attached hydrogens (tertiary/aromatic N) is 2. The lowest BCUT2D eigenvalue weighted by Gasteiger charge is -2.19. The third-order valence-electron chi connectivity index (χ3n) is 3.19. The summed E-state index contributed by atoms with van der Waals surface area (Å²) in [5.74, 6) is -0.787. The van der Waals surface area contributed by atoms with Gasteiger partial charge in [0.05, 0.1) is 16.9 Å². The number of rotatable bonds is 2. The Morgan fingerprint density at radius 2 is 1.89 bits per heavy atom. The third kappa shape index (κ3) is 1.99. The van der Waals surface area contributed by atoms with Gasteiger partial charge in [0.15, 0.2) is 0 Å². The van der Waals surface area contributed by atoms with E-state index in [1.54, 1.807) is 10.9 Å². The third-order valence-corrected chi connectivity index (χ3v) is 3.78. The molecule has 3 rings (SSSR count). The highest BCUT2D eigenvalue weighted by molar-refractivity contribution is 7.07. The van der Waals surface area contributed by atoms with Crippen molar-refractivity contribution in [2.24, 2.45) is 0 Å². The molecule has 1 saturated heterocycles. The van der Waals surface area contributed by atoms with Crippen LogP contribution in [0.4, 0.5) is 14.5 Å². The molecule has 1 aliphatic rings. The number of hydrogen-bond donors (Lipinski definition) is 0. The SMILES string of the molecule is Fc1cc(N2CCCC2)c(F)cc1-c1cscn1. The van der Waals surface area contributed by atoms with Gasteiger partial charge < -0.3 is 4.90 Å². The summed E-state index contributed by atoms with van der Waals surface area (Å²) in [5, 5.41) is 1.72. The van der Waals surface area contributed by atoms with Crippen molar-refractivity contribution in [3.8, 4) is 11.3 Å². The summed E-state index contributed by atoms with van der Waals surface area (Å²) < 4.78 is 28.1. The van der Waals surface area contributed by atoms with Crippen LogP contribution in [-0.4, -0.2) is 18.1 Å². The molecule has 0 bridgehead atoms. The second-order valence-electron chi connectivity index (χ2n) is 4.35. The van der Waals surface area contributed by atoms with Crippen LogP contribution >= 0.6 is 11.3 Å². The van der Waals surface area contributed by atoms with Crippen LogP contribution in [0.25, 0.3) is 11.3 Å². The summed E-state index contributed by atoms with van der Waals surface area (Å²) in [4.78, 5) is 5.91. The van der Waals surface area contributed by atoms with E-state index >= 15 is 0 Å². The lowest BCUT2D eigenvalue weighted by Crippen LogP contribution is -2.19. The minimum Gasteiger partial charge on any atom is -0.369 e. The van der Waals surface area contributed by atoms with Gasteiger partial charge in [0, 0.05) is 30.1 Å². The fraction of sp³-hybridized carbons (Fsp3) is 0.308. The predicted octanol–water partition coefficient (Wildman–Crippen LogP) is 3.69. The molecule has 0 spiro atoms. The highest BCUT2D eigenvalue weighted by Crippen LogP contribution is 2.31. The number of thiazole rings is 1. The summed E-state index contributed by atoms with van der Waals surface area (Å²) in [6, 6.07) is 2.54. The van der Waals surface area contributed by atoms with E-state index in [1.165, 1.54) is 23.5 Å². The van der Waals surface area contributed by atoms with Crippen molar-refractivity contribution in [1.82, 2.24) is 4.98 Å². The second-order valence-corrected chi connectivity index (χ2v) is 5.07. The van der Waals surface area contributed by atoms with Crippen molar-refractivity contribution in [2.45, 2.75) is 12.8 Å². The van der Waals surface area contributed by atoms with E-state index in [-0.39, 0.29) is 11.4 Å². The van der Waals surface area contributed by atoms with Gasteiger partial charge in [-0.25, -0.2) is 13.8 Å². The summed E-state index contributed by atoms with van der Waals surface area (Å²) >= 11 is 1.37. The molecule has 1 aliphatic heterocycles. The van der Waals surface area contributed by atoms with Gasteiger partial charge in [0.1, 0.15) is 11.6 Å². The van der Waals surface area contributed by atoms with Crippen LogP contribution in [0.1, 0.15) is 12.8 Å². The molecule has 2 aromatic rings. The van der Waals surface area contributed by atoms with Gasteiger partial charge in [0.2, 0.25) is 0 Å². The molecule has 2 nitrogen and oxygen atoms in total. The summed E-state index contributed by atoms with van der Waals surface area (Å²) in [6.45, 7) is 1.60. The molecular weight excluding hydrogens is 254 g/mol. The van der Waals surface area contributed by atoms with Crippen molar-refractivity contribution in [3.63, 3.8) is 0 Å². The Morgan fingerprint density at radius 3 is 2.56 bits per heavy atom. The number of benzene rings is 1. The Balaban J connectivity index is 2.02. The van der Waals surface area contributed by atoms with Gasteiger partial charge >= 0.3 is 0 Å². The minimum atomic E-state index is -0.413. The minimum absolute atomic E-state index is 0.233. The van der Waals surface area contributed by atoms with Crippen molar-refractivity contribution >= 4 is 17.0 Å². The van der Waals surface area contributed by atoms with Crippen LogP contribution < -0.4 is 4.90 Å². The highest BCUT2D eigenvalue weighted by atomic mass is 32.1. The molecule has 5 heteroatoms. The van der Waals surface area contributed by atoms with Crippen LogP contribution in [0.15, 0.2) is 23.0 Å². The van der Waals surface area contributed by atoms with Gasteiger partial charge in [0.25, 0.3) is 0 Å². The molecule has 18 heavy (non-hydrogen) atoms. The van der Waals surface area contributed by atoms with E-state index in [4.69, 9.17) is 0 Å². The monoisotopic (exact) mass is 266 g/mol. The largest absolute Gasteiger partial charge is 0.369 e. The van der Waals surface area contributed by atoms with E-state index in [9.17, 15) is 8.78 Å². The van der Waals surface area contributed by atoms with Crippen LogP contribution in [0.5, 0.6) is 0 Å². The van der Waals surface area contributed by atoms with E-state index in [1.807, 2.05) is 4.90 Å². The quantitative estimate of drug-likeness (QED) is 0.824. The van der Waals surface area contributed by atoms with Crippen molar-refractivity contribution < 1.29 is 8.78 Å². The lowest BCUT2D eigenvalue weighted by atomic mass is 10.1. The first-order valence-corrected chi connectivity index (χ1v) is 6.82. The Labute approximate surface area is 108 Å². The number of hydrogen-bond acceptors (Lipinski definition) is 3. The van der Waals surface area contributed by atoms with Crippen LogP contribution in [0, 0.1) is 11.6 Å². The molecule has 1 aromatic carbocycles. The Morgan fingerprint density at radius 1 is 1.11 bits per heavy atom. The molecular formula is C13H12F2N2S. The highest BCUT2D eigenvalue weighted by Gasteiger charge is 2.19. The summed E-state index contributed by atoms with van der Waals surface area (Å²) in [6.07, 6.45) is 2.07. The fourth-order valence-corrected chi connectivity index (χ4v) is 2.83. The maximum absolute atomic E-state index is 14.0. The van der Waals surface area contributed by atoms with Crippen LogP contribution in [0.2, 0.25) is 0 Å². The van der Waals surface area contributed by atoms with Gasteiger partial charge in [-0.05, 0) is 18.9 Å². The van der Waals surface area contributed by atoms with Crippen molar-refractivity contribution in [2.75, 3.05) is 18.0 Å². The van der Waals surface area contributed by atoms with E-state index in [0.29, 0.717) is 11.4 Å². The average Bonchev–Trinajstić information content (AvgIpc) is 3.02. The first-order valence-electron chi connectivity index (χ1n) is 5.88. The molecule has 1 fully saturated rings. The van der Waals surface area contributed by atoms with Gasteiger partial charge in [-0.1, -0.05) is 0 Å². The molecule has 1 aromatic heterocycles. The zero-order chi connectivity index (χ0) is 12.5. The number of anilines is 1. The molecule has 94 valence electrons. The van der Waals surface area contributed by atoms with E-state index < -0.39 is 5.82 Å². The zero-order valence-corrected chi connectivity index (χ0v) is 10.5. The molecule has 2 heterocycles. The normalized spacial score (nSPS) is 15.3. The molecule has 0 N–H and O–H groups in total. The summed E-state index contributed by atoms with van der Waals surface area (Å²) in [5.41, 5.74) is 2.70. The lowest BCUT2D eigenvalue weighted by molar-refractivity contribution is 0.599. The van der Waals surface area contributed by atoms with Gasteiger partial charge in [-0.15, -0.1) is 11.3 Å². The molecule has 0 atom stereocenters.